The maximum absolute atomic E-state index is 5.74. The molecule has 0 saturated heterocycles. The highest BCUT2D eigenvalue weighted by Gasteiger charge is 2.05. The molecule has 1 aromatic carbocycles. The van der Waals surface area contributed by atoms with Gasteiger partial charge in [-0.3, -0.25) is 0 Å². The molecule has 0 radical (unpaired) electrons. The van der Waals surface area contributed by atoms with Gasteiger partial charge in [-0.2, -0.15) is 0 Å². The van der Waals surface area contributed by atoms with Gasteiger partial charge in [0.05, 0.1) is 13.2 Å². The first-order valence-electron chi connectivity index (χ1n) is 5.59. The Morgan fingerprint density at radius 2 is 1.88 bits per heavy atom. The largest absolute Gasteiger partial charge is 0.497 e. The molecule has 0 aliphatic heterocycles. The maximum Gasteiger partial charge on any atom is 0.118 e. The number of alkyl halides is 1. The van der Waals surface area contributed by atoms with Crippen molar-refractivity contribution in [3.8, 4) is 5.75 Å². The Morgan fingerprint density at radius 1 is 1.19 bits per heavy atom. The van der Waals surface area contributed by atoms with Crippen LogP contribution in [0.15, 0.2) is 24.3 Å². The molecule has 0 saturated carbocycles. The molecule has 0 bridgehead atoms. The number of hydrogen-bond donors (Lipinski definition) is 0. The number of ether oxygens (including phenoxy) is 2. The Bertz CT molecular complexity index is 284. The monoisotopic (exact) mass is 286 g/mol. The van der Waals surface area contributed by atoms with Crippen LogP contribution in [0.5, 0.6) is 5.75 Å². The second-order valence-corrected chi connectivity index (χ2v) is 4.48. The van der Waals surface area contributed by atoms with Crippen molar-refractivity contribution in [1.82, 2.24) is 0 Å². The van der Waals surface area contributed by atoms with Crippen LogP contribution in [0.25, 0.3) is 0 Å². The first-order chi connectivity index (χ1) is 7.77. The molecule has 1 aromatic rings. The van der Waals surface area contributed by atoms with E-state index < -0.39 is 0 Å². The van der Waals surface area contributed by atoms with Crippen molar-refractivity contribution in [2.24, 2.45) is 0 Å². The lowest BCUT2D eigenvalue weighted by Gasteiger charge is -2.13. The molecule has 1 unspecified atom stereocenters. The van der Waals surface area contributed by atoms with Gasteiger partial charge < -0.3 is 9.47 Å². The number of rotatable bonds is 7. The Balaban J connectivity index is 2.37. The molecule has 16 heavy (non-hydrogen) atoms. The summed E-state index contributed by atoms with van der Waals surface area (Å²) in [6, 6.07) is 8.03. The fourth-order valence-electron chi connectivity index (χ4n) is 1.43. The predicted octanol–water partition coefficient (Wildman–Crippen LogP) is 3.95. The predicted molar refractivity (Wildman–Crippen MR) is 70.4 cm³/mol. The van der Waals surface area contributed by atoms with E-state index in [-0.39, 0.29) is 6.10 Å². The highest BCUT2D eigenvalue weighted by atomic mass is 79.9. The van der Waals surface area contributed by atoms with Gasteiger partial charge in [0.25, 0.3) is 0 Å². The van der Waals surface area contributed by atoms with Crippen molar-refractivity contribution >= 4 is 15.9 Å². The van der Waals surface area contributed by atoms with Crippen LogP contribution in [0.1, 0.15) is 31.4 Å². The van der Waals surface area contributed by atoms with Gasteiger partial charge >= 0.3 is 0 Å². The van der Waals surface area contributed by atoms with Crippen molar-refractivity contribution in [3.63, 3.8) is 0 Å². The third-order valence-corrected chi connectivity index (χ3v) is 3.04. The zero-order valence-corrected chi connectivity index (χ0v) is 11.5. The molecule has 0 N–H and O–H groups in total. The van der Waals surface area contributed by atoms with Crippen molar-refractivity contribution in [1.29, 1.82) is 0 Å². The van der Waals surface area contributed by atoms with E-state index in [1.165, 1.54) is 5.56 Å². The number of methoxy groups -OCH3 is 1. The van der Waals surface area contributed by atoms with Gasteiger partial charge in [0.15, 0.2) is 0 Å². The van der Waals surface area contributed by atoms with Gasteiger partial charge in [-0.25, -0.2) is 0 Å². The first kappa shape index (κ1) is 13.5. The number of hydrogen-bond acceptors (Lipinski definition) is 2. The molecule has 3 heteroatoms. The Morgan fingerprint density at radius 3 is 2.44 bits per heavy atom. The molecule has 0 heterocycles. The third kappa shape index (κ3) is 4.54. The molecule has 0 aromatic heterocycles. The van der Waals surface area contributed by atoms with Gasteiger partial charge in [-0.15, -0.1) is 0 Å². The topological polar surface area (TPSA) is 18.5 Å². The van der Waals surface area contributed by atoms with Crippen LogP contribution < -0.4 is 4.74 Å². The summed E-state index contributed by atoms with van der Waals surface area (Å²) in [5.74, 6) is 0.884. The first-order valence-corrected chi connectivity index (χ1v) is 6.71. The molecule has 0 fully saturated rings. The molecule has 0 spiro atoms. The van der Waals surface area contributed by atoms with Gasteiger partial charge in [0.2, 0.25) is 0 Å². The minimum atomic E-state index is 0.154. The van der Waals surface area contributed by atoms with Crippen molar-refractivity contribution in [3.05, 3.63) is 29.8 Å². The molecule has 2 nitrogen and oxygen atoms in total. The van der Waals surface area contributed by atoms with Crippen LogP contribution in [-0.4, -0.2) is 19.0 Å². The molecular weight excluding hydrogens is 268 g/mol. The van der Waals surface area contributed by atoms with E-state index in [2.05, 4.69) is 22.9 Å². The second kappa shape index (κ2) is 7.69. The smallest absolute Gasteiger partial charge is 0.118 e. The Kier molecular flexibility index (Phi) is 6.50. The highest BCUT2D eigenvalue weighted by Crippen LogP contribution is 2.20. The summed E-state index contributed by atoms with van der Waals surface area (Å²) in [5.41, 5.74) is 1.19. The number of halogens is 1. The average Bonchev–Trinajstić information content (AvgIpc) is 2.34. The summed E-state index contributed by atoms with van der Waals surface area (Å²) in [5, 5.41) is 1.05. The van der Waals surface area contributed by atoms with Crippen LogP contribution in [-0.2, 0) is 4.74 Å². The van der Waals surface area contributed by atoms with E-state index in [4.69, 9.17) is 9.47 Å². The normalized spacial score (nSPS) is 12.4. The molecule has 1 rings (SSSR count). The minimum Gasteiger partial charge on any atom is -0.497 e. The van der Waals surface area contributed by atoms with E-state index >= 15 is 0 Å². The highest BCUT2D eigenvalue weighted by molar-refractivity contribution is 9.09. The third-order valence-electron chi connectivity index (χ3n) is 2.48. The Hall–Kier alpha value is -0.540. The summed E-state index contributed by atoms with van der Waals surface area (Å²) < 4.78 is 10.9. The van der Waals surface area contributed by atoms with Gasteiger partial charge in [0, 0.05) is 11.9 Å². The standard InChI is InChI=1S/C13H19BrO2/c1-11(16-10-4-3-9-14)12-5-7-13(15-2)8-6-12/h5-8,11H,3-4,9-10H2,1-2H3. The second-order valence-electron chi connectivity index (χ2n) is 3.68. The molecule has 90 valence electrons. The van der Waals surface area contributed by atoms with E-state index in [0.29, 0.717) is 0 Å². The number of unbranched alkanes of at least 4 members (excludes halogenated alkanes) is 1. The zero-order valence-electron chi connectivity index (χ0n) is 9.91. The van der Waals surface area contributed by atoms with Crippen LogP contribution in [0.2, 0.25) is 0 Å². The number of benzene rings is 1. The van der Waals surface area contributed by atoms with Crippen molar-refractivity contribution in [2.75, 3.05) is 19.0 Å². The fourth-order valence-corrected chi connectivity index (χ4v) is 1.82. The SMILES string of the molecule is COc1ccc(C(C)OCCCCBr)cc1. The van der Waals surface area contributed by atoms with E-state index in [1.807, 2.05) is 24.3 Å². The summed E-state index contributed by atoms with van der Waals surface area (Å²) in [6.07, 6.45) is 2.42. The molecule has 0 aliphatic rings. The van der Waals surface area contributed by atoms with Crippen LogP contribution >= 0.6 is 15.9 Å². The summed E-state index contributed by atoms with van der Waals surface area (Å²) in [7, 11) is 1.68. The summed E-state index contributed by atoms with van der Waals surface area (Å²) in [6.45, 7) is 2.90. The van der Waals surface area contributed by atoms with Crippen molar-refractivity contribution in [2.45, 2.75) is 25.9 Å². The molecule has 0 aliphatic carbocycles. The molecular formula is C13H19BrO2. The van der Waals surface area contributed by atoms with Crippen LogP contribution in [0.3, 0.4) is 0 Å². The van der Waals surface area contributed by atoms with Gasteiger partial charge in [0.1, 0.15) is 5.75 Å². The lowest BCUT2D eigenvalue weighted by atomic mass is 10.1. The summed E-state index contributed by atoms with van der Waals surface area (Å²) >= 11 is 3.41. The van der Waals surface area contributed by atoms with E-state index in [9.17, 15) is 0 Å². The van der Waals surface area contributed by atoms with E-state index in [1.54, 1.807) is 7.11 Å². The van der Waals surface area contributed by atoms with E-state index in [0.717, 1.165) is 30.5 Å². The van der Waals surface area contributed by atoms with Crippen LogP contribution in [0.4, 0.5) is 0 Å². The average molecular weight is 287 g/mol. The molecule has 1 atom stereocenters. The minimum absolute atomic E-state index is 0.154. The lowest BCUT2D eigenvalue weighted by Crippen LogP contribution is -2.01. The van der Waals surface area contributed by atoms with Crippen molar-refractivity contribution < 1.29 is 9.47 Å². The van der Waals surface area contributed by atoms with Crippen LogP contribution in [0, 0.1) is 0 Å². The summed E-state index contributed by atoms with van der Waals surface area (Å²) in [4.78, 5) is 0. The molecule has 0 amide bonds. The Labute approximate surface area is 106 Å². The maximum atomic E-state index is 5.74. The lowest BCUT2D eigenvalue weighted by molar-refractivity contribution is 0.0638. The van der Waals surface area contributed by atoms with Gasteiger partial charge in [-0.1, -0.05) is 28.1 Å². The fraction of sp³-hybridized carbons (Fsp3) is 0.538. The van der Waals surface area contributed by atoms with Gasteiger partial charge in [-0.05, 0) is 37.5 Å². The quantitative estimate of drug-likeness (QED) is 0.558. The zero-order chi connectivity index (χ0) is 11.8.